The van der Waals surface area contributed by atoms with E-state index in [1.807, 2.05) is 0 Å². The van der Waals surface area contributed by atoms with Gasteiger partial charge >= 0.3 is 5.97 Å². The normalized spacial score (nSPS) is 20.4. The molecule has 0 amide bonds. The molecule has 1 aliphatic heterocycles. The molecule has 0 radical (unpaired) electrons. The van der Waals surface area contributed by atoms with Crippen LogP contribution >= 0.6 is 27.5 Å². The Morgan fingerprint density at radius 3 is 2.76 bits per heavy atom. The van der Waals surface area contributed by atoms with Crippen molar-refractivity contribution < 1.29 is 18.3 Å². The lowest BCUT2D eigenvalue weighted by molar-refractivity contribution is -0.142. The molecule has 116 valence electrons. The largest absolute Gasteiger partial charge is 0.480 e. The van der Waals surface area contributed by atoms with Gasteiger partial charge in [-0.2, -0.15) is 4.31 Å². The summed E-state index contributed by atoms with van der Waals surface area (Å²) in [4.78, 5) is 11.2. The number of carboxylic acids is 1. The number of halogens is 2. The molecular formula is C13H15BrClNO4S. The van der Waals surface area contributed by atoms with Gasteiger partial charge in [-0.15, -0.1) is 0 Å². The molecule has 1 aromatic carbocycles. The Bertz CT molecular complexity index is 650. The zero-order valence-electron chi connectivity index (χ0n) is 11.1. The summed E-state index contributed by atoms with van der Waals surface area (Å²) in [6.45, 7) is 0.254. The summed E-state index contributed by atoms with van der Waals surface area (Å²) in [5.41, 5.74) is 0.564. The third-order valence-corrected chi connectivity index (χ3v) is 6.25. The first-order valence-corrected chi connectivity index (χ1v) is 9.25. The van der Waals surface area contributed by atoms with Crippen molar-refractivity contribution in [2.45, 2.75) is 31.1 Å². The van der Waals surface area contributed by atoms with E-state index in [0.29, 0.717) is 27.9 Å². The zero-order valence-corrected chi connectivity index (χ0v) is 14.3. The Morgan fingerprint density at radius 2 is 2.14 bits per heavy atom. The number of hydrogen-bond donors (Lipinski definition) is 1. The summed E-state index contributed by atoms with van der Waals surface area (Å²) >= 11 is 9.12. The molecule has 5 nitrogen and oxygen atoms in total. The van der Waals surface area contributed by atoms with E-state index in [4.69, 9.17) is 11.6 Å². The van der Waals surface area contributed by atoms with Crippen molar-refractivity contribution in [3.8, 4) is 0 Å². The van der Waals surface area contributed by atoms with Crippen molar-refractivity contribution in [2.24, 2.45) is 0 Å². The first-order valence-electron chi connectivity index (χ1n) is 6.47. The van der Waals surface area contributed by atoms with Gasteiger partial charge in [-0.1, -0.05) is 33.6 Å². The van der Waals surface area contributed by atoms with Crippen molar-refractivity contribution in [1.82, 2.24) is 4.31 Å². The Kier molecular flexibility index (Phi) is 5.29. The van der Waals surface area contributed by atoms with Gasteiger partial charge in [0.05, 0.1) is 5.75 Å². The van der Waals surface area contributed by atoms with E-state index in [0.717, 1.165) is 10.7 Å². The van der Waals surface area contributed by atoms with E-state index in [9.17, 15) is 18.3 Å². The highest BCUT2D eigenvalue weighted by molar-refractivity contribution is 9.10. The van der Waals surface area contributed by atoms with E-state index in [1.165, 1.54) is 0 Å². The highest BCUT2D eigenvalue weighted by Gasteiger charge is 2.36. The highest BCUT2D eigenvalue weighted by atomic mass is 79.9. The smallest absolute Gasteiger partial charge is 0.322 e. The molecule has 1 N–H and O–H groups in total. The second-order valence-electron chi connectivity index (χ2n) is 4.95. The maximum atomic E-state index is 12.5. The van der Waals surface area contributed by atoms with Crippen LogP contribution in [0.15, 0.2) is 22.7 Å². The summed E-state index contributed by atoms with van der Waals surface area (Å²) in [5.74, 6) is -1.33. The number of aliphatic carboxylic acids is 1. The molecule has 0 saturated carbocycles. The fourth-order valence-corrected chi connectivity index (χ4v) is 5.21. The second kappa shape index (κ2) is 6.64. The first kappa shape index (κ1) is 16.7. The Morgan fingerprint density at radius 1 is 1.43 bits per heavy atom. The minimum Gasteiger partial charge on any atom is -0.480 e. The van der Waals surface area contributed by atoms with Crippen LogP contribution in [-0.4, -0.2) is 36.4 Å². The molecule has 1 aromatic rings. The van der Waals surface area contributed by atoms with Crippen LogP contribution in [0.3, 0.4) is 0 Å². The van der Waals surface area contributed by atoms with Crippen molar-refractivity contribution >= 4 is 43.5 Å². The predicted molar refractivity (Wildman–Crippen MR) is 83.8 cm³/mol. The lowest BCUT2D eigenvalue weighted by Gasteiger charge is -2.32. The van der Waals surface area contributed by atoms with Crippen molar-refractivity contribution in [1.29, 1.82) is 0 Å². The number of sulfonamides is 1. The van der Waals surface area contributed by atoms with E-state index < -0.39 is 22.0 Å². The predicted octanol–water partition coefficient (Wildman–Crippen LogP) is 2.87. The minimum absolute atomic E-state index is 0.242. The van der Waals surface area contributed by atoms with E-state index in [1.54, 1.807) is 18.2 Å². The molecular weight excluding hydrogens is 382 g/mol. The van der Waals surface area contributed by atoms with Crippen LogP contribution in [0.2, 0.25) is 5.02 Å². The van der Waals surface area contributed by atoms with Gasteiger partial charge in [0.1, 0.15) is 6.04 Å². The molecule has 2 rings (SSSR count). The fraction of sp³-hybridized carbons (Fsp3) is 0.462. The molecule has 1 saturated heterocycles. The molecule has 1 aliphatic rings. The molecule has 8 heteroatoms. The number of rotatable bonds is 4. The van der Waals surface area contributed by atoms with Gasteiger partial charge in [-0.3, -0.25) is 4.79 Å². The van der Waals surface area contributed by atoms with E-state index >= 15 is 0 Å². The zero-order chi connectivity index (χ0) is 15.6. The summed E-state index contributed by atoms with van der Waals surface area (Å²) < 4.78 is 26.7. The maximum Gasteiger partial charge on any atom is 0.322 e. The van der Waals surface area contributed by atoms with Crippen LogP contribution in [0.25, 0.3) is 0 Å². The Hall–Kier alpha value is -0.630. The summed E-state index contributed by atoms with van der Waals surface area (Å²) in [5, 5.41) is 9.70. The van der Waals surface area contributed by atoms with Gasteiger partial charge in [0.15, 0.2) is 0 Å². The summed E-state index contributed by atoms with van der Waals surface area (Å²) in [6.07, 6.45) is 1.77. The topological polar surface area (TPSA) is 74.7 Å². The third-order valence-electron chi connectivity index (χ3n) is 3.45. The molecule has 0 spiro atoms. The van der Waals surface area contributed by atoms with Gasteiger partial charge in [0.2, 0.25) is 10.0 Å². The quantitative estimate of drug-likeness (QED) is 0.849. The molecule has 1 heterocycles. The molecule has 21 heavy (non-hydrogen) atoms. The van der Waals surface area contributed by atoms with Gasteiger partial charge in [0.25, 0.3) is 0 Å². The van der Waals surface area contributed by atoms with Gasteiger partial charge < -0.3 is 5.11 Å². The van der Waals surface area contributed by atoms with E-state index in [2.05, 4.69) is 15.9 Å². The van der Waals surface area contributed by atoms with Gasteiger partial charge in [-0.25, -0.2) is 8.42 Å². The number of hydrogen-bond acceptors (Lipinski definition) is 3. The fourth-order valence-electron chi connectivity index (χ4n) is 2.40. The lowest BCUT2D eigenvalue weighted by Crippen LogP contribution is -2.48. The molecule has 1 atom stereocenters. The average molecular weight is 397 g/mol. The lowest BCUT2D eigenvalue weighted by atomic mass is 10.1. The van der Waals surface area contributed by atoms with Crippen LogP contribution in [0.5, 0.6) is 0 Å². The van der Waals surface area contributed by atoms with E-state index in [-0.39, 0.29) is 12.3 Å². The molecule has 0 aliphatic carbocycles. The van der Waals surface area contributed by atoms with Crippen LogP contribution in [0.4, 0.5) is 0 Å². The van der Waals surface area contributed by atoms with Crippen LogP contribution in [0, 0.1) is 0 Å². The van der Waals surface area contributed by atoms with Crippen molar-refractivity contribution in [3.05, 3.63) is 33.3 Å². The summed E-state index contributed by atoms with van der Waals surface area (Å²) in [7, 11) is -3.69. The van der Waals surface area contributed by atoms with Gasteiger partial charge in [0, 0.05) is 16.0 Å². The molecule has 1 unspecified atom stereocenters. The molecule has 1 fully saturated rings. The number of benzene rings is 1. The highest BCUT2D eigenvalue weighted by Crippen LogP contribution is 2.27. The first-order chi connectivity index (χ1) is 9.81. The monoisotopic (exact) mass is 395 g/mol. The second-order valence-corrected chi connectivity index (χ2v) is 8.16. The summed E-state index contributed by atoms with van der Waals surface area (Å²) in [6, 6.07) is 3.90. The maximum absolute atomic E-state index is 12.5. The van der Waals surface area contributed by atoms with Crippen LogP contribution < -0.4 is 0 Å². The number of carboxylic acid groups (broad SMARTS) is 1. The van der Waals surface area contributed by atoms with Crippen LogP contribution in [-0.2, 0) is 20.6 Å². The molecule has 0 aromatic heterocycles. The minimum atomic E-state index is -3.69. The molecule has 0 bridgehead atoms. The standard InChI is InChI=1S/C13H15BrClNO4S/c14-11-7-10(15)5-4-9(11)8-21(19,20)16-6-2-1-3-12(16)13(17)18/h4-5,7,12H,1-3,6,8H2,(H,17,18). The Labute approximate surface area is 137 Å². The number of nitrogens with zero attached hydrogens (tertiary/aromatic N) is 1. The SMILES string of the molecule is O=C(O)C1CCCCN1S(=O)(=O)Cc1ccc(Cl)cc1Br. The number of carbonyl (C=O) groups is 1. The Balaban J connectivity index is 2.26. The number of piperidine rings is 1. The van der Waals surface area contributed by atoms with Crippen molar-refractivity contribution in [3.63, 3.8) is 0 Å². The third kappa shape index (κ3) is 3.97. The average Bonchev–Trinajstić information content (AvgIpc) is 2.42. The van der Waals surface area contributed by atoms with Gasteiger partial charge in [-0.05, 0) is 37.0 Å². The van der Waals surface area contributed by atoms with Crippen LogP contribution in [0.1, 0.15) is 24.8 Å². The van der Waals surface area contributed by atoms with Crippen molar-refractivity contribution in [2.75, 3.05) is 6.54 Å².